The molecule has 4 heterocycles. The van der Waals surface area contributed by atoms with Crippen LogP contribution in [0.2, 0.25) is 0 Å². The van der Waals surface area contributed by atoms with E-state index in [9.17, 15) is 0 Å². The first-order valence-corrected chi connectivity index (χ1v) is 19.0. The van der Waals surface area contributed by atoms with Crippen molar-refractivity contribution in [1.29, 1.82) is 0 Å². The predicted octanol–water partition coefficient (Wildman–Crippen LogP) is 13.1. The maximum absolute atomic E-state index is 6.44. The molecule has 0 spiro atoms. The van der Waals surface area contributed by atoms with Crippen molar-refractivity contribution >= 4 is 75.0 Å². The van der Waals surface area contributed by atoms with Crippen LogP contribution in [-0.2, 0) is 0 Å². The Morgan fingerprint density at radius 1 is 0.396 bits per heavy atom. The Morgan fingerprint density at radius 3 is 1.91 bits per heavy atom. The summed E-state index contributed by atoms with van der Waals surface area (Å²) in [4.78, 5) is 20.3. The molecule has 0 bridgehead atoms. The van der Waals surface area contributed by atoms with Crippen LogP contribution in [0.1, 0.15) is 0 Å². The van der Waals surface area contributed by atoms with Gasteiger partial charge in [0.2, 0.25) is 0 Å². The minimum atomic E-state index is 0.573. The van der Waals surface area contributed by atoms with Crippen LogP contribution in [0.25, 0.3) is 108 Å². The zero-order valence-corrected chi connectivity index (χ0v) is 29.7. The molecule has 7 heteroatoms. The number of hydrogen-bond donors (Lipinski definition) is 0. The number of nitrogens with zero attached hydrogens (tertiary/aromatic N) is 4. The highest BCUT2D eigenvalue weighted by Gasteiger charge is 2.20. The van der Waals surface area contributed by atoms with Crippen LogP contribution in [0.5, 0.6) is 0 Å². The SMILES string of the molecule is c1ccc(-c2nc(-c3cccc4c3oc3ccccc34)nc(-c3cccc4sc5c(-c6ccc(-c7nc8ccccc8s7)cc6)cccc5c34)n2)cc1. The standard InChI is InChI=1S/C46H26N4OS2/c1-2-11-28(12-3-1)43-48-44(50-45(49-43)35-18-9-15-32-31-13-4-6-20-37(31)51-41(32)35)34-17-10-22-39-40(34)33-16-8-14-30(42(33)52-39)27-23-25-29(26-24-27)46-47-36-19-5-7-21-38(36)53-46/h1-26H. The molecule has 0 amide bonds. The van der Waals surface area contributed by atoms with E-state index in [1.807, 2.05) is 66.7 Å². The van der Waals surface area contributed by atoms with Gasteiger partial charge in [-0.1, -0.05) is 127 Å². The van der Waals surface area contributed by atoms with Crippen LogP contribution in [0, 0.1) is 0 Å². The van der Waals surface area contributed by atoms with E-state index < -0.39 is 0 Å². The molecular formula is C46H26N4OS2. The third-order valence-electron chi connectivity index (χ3n) is 9.81. The molecule has 4 aromatic heterocycles. The molecule has 0 unspecified atom stereocenters. The number of benzene rings is 7. The third-order valence-corrected chi connectivity index (χ3v) is 12.1. The van der Waals surface area contributed by atoms with Crippen LogP contribution >= 0.6 is 22.7 Å². The van der Waals surface area contributed by atoms with Crippen LogP contribution in [0.3, 0.4) is 0 Å². The zero-order valence-electron chi connectivity index (χ0n) is 28.0. The maximum atomic E-state index is 6.44. The Kier molecular flexibility index (Phi) is 6.83. The summed E-state index contributed by atoms with van der Waals surface area (Å²) in [6.45, 7) is 0. The molecule has 0 atom stereocenters. The first-order chi connectivity index (χ1) is 26.2. The first kappa shape index (κ1) is 30.1. The number of fused-ring (bicyclic) bond motifs is 7. The second-order valence-electron chi connectivity index (χ2n) is 13.0. The topological polar surface area (TPSA) is 64.7 Å². The van der Waals surface area contributed by atoms with Gasteiger partial charge in [-0.3, -0.25) is 0 Å². The van der Waals surface area contributed by atoms with Gasteiger partial charge in [0, 0.05) is 47.6 Å². The molecule has 0 N–H and O–H groups in total. The van der Waals surface area contributed by atoms with E-state index in [0.29, 0.717) is 17.5 Å². The number of thiophene rings is 1. The fourth-order valence-electron chi connectivity index (χ4n) is 7.31. The molecule has 0 aliphatic heterocycles. The van der Waals surface area contributed by atoms with E-state index in [2.05, 4.69) is 91.0 Å². The Hall–Kier alpha value is -6.54. The lowest BCUT2D eigenvalue weighted by molar-refractivity contribution is 0.669. The van der Waals surface area contributed by atoms with Crippen LogP contribution < -0.4 is 0 Å². The second kappa shape index (κ2) is 12.0. The minimum Gasteiger partial charge on any atom is -0.455 e. The monoisotopic (exact) mass is 714 g/mol. The predicted molar refractivity (Wildman–Crippen MR) is 220 cm³/mol. The molecule has 7 aromatic carbocycles. The molecular weight excluding hydrogens is 689 g/mol. The molecule has 0 fully saturated rings. The summed E-state index contributed by atoms with van der Waals surface area (Å²) in [7, 11) is 0. The summed E-state index contributed by atoms with van der Waals surface area (Å²) in [5.74, 6) is 1.81. The van der Waals surface area contributed by atoms with Crippen molar-refractivity contribution in [3.05, 3.63) is 158 Å². The number of thiazole rings is 1. The Bertz CT molecular complexity index is 3150. The van der Waals surface area contributed by atoms with E-state index in [1.54, 1.807) is 22.7 Å². The number of rotatable bonds is 5. The van der Waals surface area contributed by atoms with Crippen LogP contribution in [0.15, 0.2) is 162 Å². The van der Waals surface area contributed by atoms with Gasteiger partial charge in [0.05, 0.1) is 15.8 Å². The van der Waals surface area contributed by atoms with Crippen molar-refractivity contribution in [2.45, 2.75) is 0 Å². The van der Waals surface area contributed by atoms with Gasteiger partial charge in [-0.25, -0.2) is 19.9 Å². The van der Waals surface area contributed by atoms with E-state index in [4.69, 9.17) is 24.4 Å². The Morgan fingerprint density at radius 2 is 1.04 bits per heavy atom. The van der Waals surface area contributed by atoms with E-state index in [1.165, 1.54) is 30.6 Å². The third kappa shape index (κ3) is 4.97. The van der Waals surface area contributed by atoms with E-state index in [-0.39, 0.29) is 0 Å². The van der Waals surface area contributed by atoms with E-state index >= 15 is 0 Å². The van der Waals surface area contributed by atoms with Gasteiger partial charge in [-0.15, -0.1) is 22.7 Å². The van der Waals surface area contributed by atoms with Crippen LogP contribution in [-0.4, -0.2) is 19.9 Å². The number of hydrogen-bond acceptors (Lipinski definition) is 7. The van der Waals surface area contributed by atoms with Gasteiger partial charge in [0.25, 0.3) is 0 Å². The fourth-order valence-corrected chi connectivity index (χ4v) is 9.54. The van der Waals surface area contributed by atoms with Crippen molar-refractivity contribution < 1.29 is 4.42 Å². The summed E-state index contributed by atoms with van der Waals surface area (Å²) in [6, 6.07) is 54.5. The van der Waals surface area contributed by atoms with Crippen molar-refractivity contribution in [3.8, 4) is 55.9 Å². The van der Waals surface area contributed by atoms with Crippen molar-refractivity contribution in [1.82, 2.24) is 19.9 Å². The summed E-state index contributed by atoms with van der Waals surface area (Å²) < 4.78 is 10.1. The number of para-hydroxylation sites is 3. The van der Waals surface area contributed by atoms with Gasteiger partial charge in [0.1, 0.15) is 16.2 Å². The molecule has 0 aliphatic rings. The molecule has 11 aromatic rings. The molecule has 0 saturated heterocycles. The largest absolute Gasteiger partial charge is 0.455 e. The highest BCUT2D eigenvalue weighted by molar-refractivity contribution is 7.26. The summed E-state index contributed by atoms with van der Waals surface area (Å²) >= 11 is 3.53. The zero-order chi connectivity index (χ0) is 34.9. The molecule has 5 nitrogen and oxygen atoms in total. The van der Waals surface area contributed by atoms with Gasteiger partial charge < -0.3 is 4.42 Å². The summed E-state index contributed by atoms with van der Waals surface area (Å²) in [5.41, 5.74) is 8.85. The first-order valence-electron chi connectivity index (χ1n) is 17.4. The Labute approximate surface area is 311 Å². The normalized spacial score (nSPS) is 11.8. The molecule has 248 valence electrons. The average Bonchev–Trinajstić information content (AvgIpc) is 3.94. The van der Waals surface area contributed by atoms with Crippen molar-refractivity contribution in [2.24, 2.45) is 0 Å². The van der Waals surface area contributed by atoms with Crippen LogP contribution in [0.4, 0.5) is 0 Å². The summed E-state index contributed by atoms with van der Waals surface area (Å²) in [6.07, 6.45) is 0. The lowest BCUT2D eigenvalue weighted by Gasteiger charge is -2.10. The second-order valence-corrected chi connectivity index (χ2v) is 15.1. The highest BCUT2D eigenvalue weighted by atomic mass is 32.1. The van der Waals surface area contributed by atoms with Crippen molar-refractivity contribution in [2.75, 3.05) is 0 Å². The lowest BCUT2D eigenvalue weighted by atomic mass is 9.99. The highest BCUT2D eigenvalue weighted by Crippen LogP contribution is 2.44. The smallest absolute Gasteiger partial charge is 0.167 e. The summed E-state index contributed by atoms with van der Waals surface area (Å²) in [5, 5.41) is 5.45. The molecule has 0 saturated carbocycles. The van der Waals surface area contributed by atoms with E-state index in [0.717, 1.165) is 60.1 Å². The molecule has 0 aliphatic carbocycles. The number of furan rings is 1. The maximum Gasteiger partial charge on any atom is 0.167 e. The molecule has 11 rings (SSSR count). The number of aromatic nitrogens is 4. The Balaban J connectivity index is 1.08. The molecule has 53 heavy (non-hydrogen) atoms. The van der Waals surface area contributed by atoms with Gasteiger partial charge in [-0.2, -0.15) is 0 Å². The quantitative estimate of drug-likeness (QED) is 0.178. The van der Waals surface area contributed by atoms with Gasteiger partial charge in [0.15, 0.2) is 17.5 Å². The average molecular weight is 715 g/mol. The molecule has 0 radical (unpaired) electrons. The van der Waals surface area contributed by atoms with Gasteiger partial charge in [-0.05, 0) is 41.5 Å². The minimum absolute atomic E-state index is 0.573. The van der Waals surface area contributed by atoms with Gasteiger partial charge >= 0.3 is 0 Å². The fraction of sp³-hybridized carbons (Fsp3) is 0. The van der Waals surface area contributed by atoms with Crippen molar-refractivity contribution in [3.63, 3.8) is 0 Å². The lowest BCUT2D eigenvalue weighted by Crippen LogP contribution is -2.00.